The van der Waals surface area contributed by atoms with Gasteiger partial charge in [-0.05, 0) is 59.7 Å². The Kier molecular flexibility index (Phi) is 7.40. The zero-order valence-corrected chi connectivity index (χ0v) is 21.5. The average Bonchev–Trinajstić information content (AvgIpc) is 2.96. The Balaban J connectivity index is 1.79. The molecule has 0 heterocycles. The standard InChI is InChI=1S/C30H26F6N2O2/c1-27(2)17-20(11-14-26(18-27)40-25-8-4-6-22(38)16-25)28(29(31,32)33,30(34,35)36)19-9-12-23(13-10-19)39-24-7-3-5-21(37)15-24/h3-18H,37-38H2,1-2H3. The molecule has 0 atom stereocenters. The number of ether oxygens (including phenoxy) is 2. The molecule has 1 aliphatic carbocycles. The van der Waals surface area contributed by atoms with E-state index in [0.29, 0.717) is 11.4 Å². The first-order valence-corrected chi connectivity index (χ1v) is 12.1. The maximum atomic E-state index is 14.8. The predicted molar refractivity (Wildman–Crippen MR) is 142 cm³/mol. The molecule has 0 bridgehead atoms. The summed E-state index contributed by atoms with van der Waals surface area (Å²) in [6.45, 7) is 2.98. The molecule has 4 rings (SSSR count). The van der Waals surface area contributed by atoms with Crippen molar-refractivity contribution in [2.45, 2.75) is 31.6 Å². The van der Waals surface area contributed by atoms with Gasteiger partial charge in [0.15, 0.2) is 0 Å². The lowest BCUT2D eigenvalue weighted by Crippen LogP contribution is -2.55. The van der Waals surface area contributed by atoms with Gasteiger partial charge >= 0.3 is 12.4 Å². The number of anilines is 2. The Hall–Kier alpha value is -4.34. The largest absolute Gasteiger partial charge is 0.458 e. The highest BCUT2D eigenvalue weighted by Crippen LogP contribution is 2.58. The molecule has 0 fully saturated rings. The first-order valence-electron chi connectivity index (χ1n) is 12.1. The molecule has 0 aromatic heterocycles. The second-order valence-electron chi connectivity index (χ2n) is 9.92. The molecule has 3 aromatic rings. The molecule has 0 unspecified atom stereocenters. The van der Waals surface area contributed by atoms with Gasteiger partial charge in [-0.15, -0.1) is 0 Å². The Labute approximate surface area is 227 Å². The second-order valence-corrected chi connectivity index (χ2v) is 9.92. The third-order valence-corrected chi connectivity index (χ3v) is 6.23. The van der Waals surface area contributed by atoms with E-state index in [1.54, 1.807) is 36.4 Å². The van der Waals surface area contributed by atoms with E-state index in [2.05, 4.69) is 0 Å². The summed E-state index contributed by atoms with van der Waals surface area (Å²) in [4.78, 5) is 0. The van der Waals surface area contributed by atoms with Crippen LogP contribution >= 0.6 is 0 Å². The number of benzene rings is 3. The van der Waals surface area contributed by atoms with Crippen molar-refractivity contribution in [1.82, 2.24) is 0 Å². The lowest BCUT2D eigenvalue weighted by molar-refractivity contribution is -0.289. The molecule has 0 amide bonds. The first kappa shape index (κ1) is 28.7. The highest BCUT2D eigenvalue weighted by atomic mass is 19.4. The van der Waals surface area contributed by atoms with Crippen LogP contribution in [0.2, 0.25) is 0 Å². The third kappa shape index (κ3) is 5.80. The highest BCUT2D eigenvalue weighted by Gasteiger charge is 2.73. The lowest BCUT2D eigenvalue weighted by Gasteiger charge is -2.39. The fraction of sp³-hybridized carbons (Fsp3) is 0.200. The molecule has 3 aromatic carbocycles. The normalized spacial score (nSPS) is 15.6. The van der Waals surface area contributed by atoms with Gasteiger partial charge in [0.25, 0.3) is 0 Å². The predicted octanol–water partition coefficient (Wildman–Crippen LogP) is 8.49. The van der Waals surface area contributed by atoms with Crippen LogP contribution in [0.5, 0.6) is 17.2 Å². The third-order valence-electron chi connectivity index (χ3n) is 6.23. The zero-order chi connectivity index (χ0) is 29.3. The van der Waals surface area contributed by atoms with Crippen LogP contribution in [0.3, 0.4) is 0 Å². The molecule has 40 heavy (non-hydrogen) atoms. The Morgan fingerprint density at radius 1 is 0.625 bits per heavy atom. The van der Waals surface area contributed by atoms with Gasteiger partial charge < -0.3 is 20.9 Å². The molecule has 0 saturated carbocycles. The number of nitrogen functional groups attached to an aromatic ring is 2. The van der Waals surface area contributed by atoms with Gasteiger partial charge in [0, 0.05) is 28.9 Å². The van der Waals surface area contributed by atoms with Crippen molar-refractivity contribution in [2.75, 3.05) is 11.5 Å². The van der Waals surface area contributed by atoms with E-state index in [1.807, 2.05) is 0 Å². The molecule has 210 valence electrons. The molecule has 0 aliphatic heterocycles. The SMILES string of the molecule is CC1(C)C=C(Oc2cccc(N)c2)C=CC(C(c2ccc(Oc3cccc(N)c3)cc2)(C(F)(F)F)C(F)(F)F)=C1. The van der Waals surface area contributed by atoms with Crippen LogP contribution in [0.4, 0.5) is 37.7 Å². The van der Waals surface area contributed by atoms with Gasteiger partial charge in [-0.25, -0.2) is 0 Å². The quantitative estimate of drug-likeness (QED) is 0.234. The summed E-state index contributed by atoms with van der Waals surface area (Å²) in [6.07, 6.45) is -7.23. The van der Waals surface area contributed by atoms with Crippen LogP contribution in [-0.4, -0.2) is 12.4 Å². The van der Waals surface area contributed by atoms with Crippen LogP contribution in [0.1, 0.15) is 19.4 Å². The van der Waals surface area contributed by atoms with Crippen molar-refractivity contribution in [2.24, 2.45) is 5.41 Å². The lowest BCUT2D eigenvalue weighted by atomic mass is 9.70. The number of alkyl halides is 6. The summed E-state index contributed by atoms with van der Waals surface area (Å²) in [5.41, 5.74) is 4.61. The van der Waals surface area contributed by atoms with Gasteiger partial charge in [-0.1, -0.05) is 50.3 Å². The highest BCUT2D eigenvalue weighted by molar-refractivity contribution is 5.52. The van der Waals surface area contributed by atoms with Crippen LogP contribution in [0.25, 0.3) is 0 Å². The fourth-order valence-corrected chi connectivity index (χ4v) is 4.56. The Morgan fingerprint density at radius 3 is 1.65 bits per heavy atom. The van der Waals surface area contributed by atoms with E-state index in [9.17, 15) is 26.3 Å². The summed E-state index contributed by atoms with van der Waals surface area (Å²) in [5.74, 6) is 0.660. The number of rotatable bonds is 6. The summed E-state index contributed by atoms with van der Waals surface area (Å²) >= 11 is 0. The van der Waals surface area contributed by atoms with E-state index in [1.165, 1.54) is 32.1 Å². The Bertz CT molecular complexity index is 1450. The minimum atomic E-state index is -5.76. The van der Waals surface area contributed by atoms with E-state index in [4.69, 9.17) is 20.9 Å². The molecule has 10 heteroatoms. The van der Waals surface area contributed by atoms with E-state index in [-0.39, 0.29) is 23.0 Å². The minimum absolute atomic E-state index is 0.0396. The molecule has 4 nitrogen and oxygen atoms in total. The van der Waals surface area contributed by atoms with Crippen molar-refractivity contribution in [3.05, 3.63) is 114 Å². The zero-order valence-electron chi connectivity index (χ0n) is 21.5. The van der Waals surface area contributed by atoms with Gasteiger partial charge in [-0.3, -0.25) is 0 Å². The van der Waals surface area contributed by atoms with Crippen LogP contribution in [0.15, 0.2) is 108 Å². The maximum absolute atomic E-state index is 14.8. The molecule has 0 spiro atoms. The summed E-state index contributed by atoms with van der Waals surface area (Å²) in [6, 6.07) is 16.2. The number of halogens is 6. The van der Waals surface area contributed by atoms with Crippen molar-refractivity contribution >= 4 is 11.4 Å². The topological polar surface area (TPSA) is 70.5 Å². The van der Waals surface area contributed by atoms with Crippen molar-refractivity contribution in [3.63, 3.8) is 0 Å². The van der Waals surface area contributed by atoms with Crippen LogP contribution in [0, 0.1) is 5.41 Å². The Morgan fingerprint density at radius 2 is 1.15 bits per heavy atom. The second kappa shape index (κ2) is 10.3. The fourth-order valence-electron chi connectivity index (χ4n) is 4.56. The molecular weight excluding hydrogens is 534 g/mol. The van der Waals surface area contributed by atoms with E-state index < -0.39 is 34.3 Å². The molecule has 0 radical (unpaired) electrons. The maximum Gasteiger partial charge on any atom is 0.411 e. The number of nitrogens with two attached hydrogens (primary N) is 2. The van der Waals surface area contributed by atoms with Gasteiger partial charge in [0.1, 0.15) is 23.0 Å². The molecule has 4 N–H and O–H groups in total. The van der Waals surface area contributed by atoms with Crippen LogP contribution < -0.4 is 20.9 Å². The number of hydrogen-bond acceptors (Lipinski definition) is 4. The average molecular weight is 561 g/mol. The number of hydrogen-bond donors (Lipinski definition) is 2. The summed E-state index contributed by atoms with van der Waals surface area (Å²) < 4.78 is 100. The van der Waals surface area contributed by atoms with Crippen molar-refractivity contribution in [3.8, 4) is 17.2 Å². The molecule has 1 aliphatic rings. The minimum Gasteiger partial charge on any atom is -0.458 e. The molecular formula is C30H26F6N2O2. The summed E-state index contributed by atoms with van der Waals surface area (Å²) in [5, 5.41) is 0. The first-order chi connectivity index (χ1) is 18.6. The molecule has 0 saturated heterocycles. The van der Waals surface area contributed by atoms with Crippen molar-refractivity contribution < 1.29 is 35.8 Å². The monoisotopic (exact) mass is 560 g/mol. The van der Waals surface area contributed by atoms with E-state index >= 15 is 0 Å². The van der Waals surface area contributed by atoms with E-state index in [0.717, 1.165) is 42.5 Å². The van der Waals surface area contributed by atoms with Gasteiger partial charge in [-0.2, -0.15) is 26.3 Å². The smallest absolute Gasteiger partial charge is 0.411 e. The van der Waals surface area contributed by atoms with Crippen molar-refractivity contribution in [1.29, 1.82) is 0 Å². The van der Waals surface area contributed by atoms with Crippen LogP contribution in [-0.2, 0) is 5.41 Å². The summed E-state index contributed by atoms with van der Waals surface area (Å²) in [7, 11) is 0. The van der Waals surface area contributed by atoms with Gasteiger partial charge in [0.2, 0.25) is 5.41 Å². The number of allylic oxidation sites excluding steroid dienone is 5. The van der Waals surface area contributed by atoms with Gasteiger partial charge in [0.05, 0.1) is 0 Å².